The molecule has 0 radical (unpaired) electrons. The third-order valence-electron chi connectivity index (χ3n) is 7.08. The monoisotopic (exact) mass is 505 g/mol. The number of allylic oxidation sites excluding steroid dienone is 1. The number of rotatable bonds is 9. The summed E-state index contributed by atoms with van der Waals surface area (Å²) in [6.45, 7) is 8.03. The summed E-state index contributed by atoms with van der Waals surface area (Å²) in [6.07, 6.45) is 14.6. The highest BCUT2D eigenvalue weighted by atomic mass is 32.1. The second-order valence-electron chi connectivity index (χ2n) is 9.79. The van der Waals surface area contributed by atoms with Gasteiger partial charge in [0, 0.05) is 50.3 Å². The van der Waals surface area contributed by atoms with E-state index in [2.05, 4.69) is 60.2 Å². The van der Waals surface area contributed by atoms with Crippen LogP contribution in [0.5, 0.6) is 0 Å². The zero-order valence-corrected chi connectivity index (χ0v) is 21.2. The van der Waals surface area contributed by atoms with E-state index in [1.807, 2.05) is 17.9 Å². The number of nitrogens with zero attached hydrogens (tertiary/aromatic N) is 7. The average molecular weight is 506 g/mol. The maximum Gasteiger partial charge on any atom is 0.229 e. The Balaban J connectivity index is 1.26. The number of ether oxygens (including phenoxy) is 1. The molecule has 0 aromatic carbocycles. The smallest absolute Gasteiger partial charge is 0.229 e. The first-order valence-electron chi connectivity index (χ1n) is 12.3. The van der Waals surface area contributed by atoms with Gasteiger partial charge in [-0.3, -0.25) is 15.1 Å². The SMILES string of the molecule is C=C(Nc1csc(-n2nc[nH]2)n1)c1cc(N(C=NC)/C=C/C2CC2)c(N2CC3(CCOCC3)C2)cn1. The molecular weight excluding hydrogens is 474 g/mol. The first-order valence-corrected chi connectivity index (χ1v) is 13.2. The van der Waals surface area contributed by atoms with Crippen LogP contribution in [0.15, 0.2) is 47.8 Å². The van der Waals surface area contributed by atoms with E-state index < -0.39 is 0 Å². The number of thiazole rings is 1. The Morgan fingerprint density at radius 2 is 2.17 bits per heavy atom. The predicted molar refractivity (Wildman–Crippen MR) is 144 cm³/mol. The molecule has 11 heteroatoms. The molecule has 3 aromatic heterocycles. The van der Waals surface area contributed by atoms with Crippen LogP contribution in [-0.2, 0) is 4.74 Å². The predicted octanol–water partition coefficient (Wildman–Crippen LogP) is 4.14. The Hall–Kier alpha value is -3.44. The third kappa shape index (κ3) is 4.68. The molecule has 0 atom stereocenters. The van der Waals surface area contributed by atoms with Crippen LogP contribution in [0.1, 0.15) is 31.4 Å². The molecule has 0 unspecified atom stereocenters. The maximum atomic E-state index is 5.61. The molecule has 2 aliphatic heterocycles. The molecule has 5 heterocycles. The van der Waals surface area contributed by atoms with Crippen molar-refractivity contribution >= 4 is 40.6 Å². The van der Waals surface area contributed by atoms with Crippen molar-refractivity contribution in [2.24, 2.45) is 16.3 Å². The van der Waals surface area contributed by atoms with Crippen molar-refractivity contribution < 1.29 is 4.74 Å². The summed E-state index contributed by atoms with van der Waals surface area (Å²) in [4.78, 5) is 19.9. The zero-order valence-electron chi connectivity index (χ0n) is 20.4. The lowest BCUT2D eigenvalue weighted by Crippen LogP contribution is -2.58. The fraction of sp³-hybridized carbons (Fsp3) is 0.440. The second-order valence-corrected chi connectivity index (χ2v) is 10.6. The fourth-order valence-electron chi connectivity index (χ4n) is 4.77. The lowest BCUT2D eigenvalue weighted by atomic mass is 9.73. The summed E-state index contributed by atoms with van der Waals surface area (Å²) in [5.74, 6) is 1.37. The van der Waals surface area contributed by atoms with Gasteiger partial charge >= 0.3 is 0 Å². The highest BCUT2D eigenvalue weighted by Crippen LogP contribution is 2.45. The average Bonchev–Trinajstić information content (AvgIpc) is 3.57. The van der Waals surface area contributed by atoms with Crippen LogP contribution in [0.4, 0.5) is 17.2 Å². The van der Waals surface area contributed by atoms with Gasteiger partial charge in [0.1, 0.15) is 12.1 Å². The Kier molecular flexibility index (Phi) is 6.10. The van der Waals surface area contributed by atoms with Gasteiger partial charge in [-0.05, 0) is 37.7 Å². The van der Waals surface area contributed by atoms with E-state index in [0.717, 1.165) is 61.3 Å². The summed E-state index contributed by atoms with van der Waals surface area (Å²) in [5, 5.41) is 13.0. The number of hydrogen-bond acceptors (Lipinski definition) is 8. The molecule has 188 valence electrons. The van der Waals surface area contributed by atoms with Gasteiger partial charge in [-0.1, -0.05) is 24.0 Å². The molecule has 0 amide bonds. The molecule has 6 rings (SSSR count). The normalized spacial score (nSPS) is 19.3. The van der Waals surface area contributed by atoms with E-state index in [9.17, 15) is 0 Å². The highest BCUT2D eigenvalue weighted by molar-refractivity contribution is 7.12. The minimum atomic E-state index is 0.366. The number of nitrogens with one attached hydrogen (secondary N) is 2. The van der Waals surface area contributed by atoms with Crippen molar-refractivity contribution in [1.29, 1.82) is 0 Å². The van der Waals surface area contributed by atoms with Crippen molar-refractivity contribution in [2.45, 2.75) is 25.7 Å². The third-order valence-corrected chi connectivity index (χ3v) is 7.90. The van der Waals surface area contributed by atoms with Gasteiger partial charge in [0.15, 0.2) is 0 Å². The zero-order chi connectivity index (χ0) is 24.5. The van der Waals surface area contributed by atoms with Gasteiger partial charge in [-0.15, -0.1) is 9.90 Å². The van der Waals surface area contributed by atoms with Crippen molar-refractivity contribution in [3.05, 3.63) is 48.5 Å². The lowest BCUT2D eigenvalue weighted by Gasteiger charge is -2.53. The Morgan fingerprint density at radius 3 is 2.86 bits per heavy atom. The number of aromatic nitrogens is 5. The van der Waals surface area contributed by atoms with Crippen LogP contribution in [0, 0.1) is 11.3 Å². The van der Waals surface area contributed by atoms with Crippen molar-refractivity contribution in [2.75, 3.05) is 48.5 Å². The van der Waals surface area contributed by atoms with Gasteiger partial charge in [0.25, 0.3) is 0 Å². The number of aliphatic imine (C=N–C) groups is 1. The standard InChI is InChI=1S/C25H31N9OS/c1-18(30-23-13-36-24(31-23)34-28-16-29-34)20-11-21(32(17-26-2)8-5-19-3-4-19)22(12-27-20)33-14-25(15-33)6-9-35-10-7-25/h5,8,11-13,16-17,19,30H,1,3-4,6-7,9-10,14-15H2,2H3,(H,28,29)/b8-5+,26-17?. The molecule has 10 nitrogen and oxygen atoms in total. The van der Waals surface area contributed by atoms with E-state index in [1.165, 1.54) is 24.2 Å². The maximum absolute atomic E-state index is 5.61. The molecule has 1 spiro atoms. The summed E-state index contributed by atoms with van der Waals surface area (Å²) >= 11 is 1.49. The first-order chi connectivity index (χ1) is 17.6. The van der Waals surface area contributed by atoms with Crippen LogP contribution < -0.4 is 15.1 Å². The quantitative estimate of drug-likeness (QED) is 0.333. The fourth-order valence-corrected chi connectivity index (χ4v) is 5.45. The molecule has 0 bridgehead atoms. The molecule has 2 saturated heterocycles. The molecule has 1 aliphatic carbocycles. The minimum Gasteiger partial charge on any atom is -0.381 e. The van der Waals surface area contributed by atoms with Gasteiger partial charge < -0.3 is 19.9 Å². The molecule has 3 aliphatic rings. The summed E-state index contributed by atoms with van der Waals surface area (Å²) < 4.78 is 5.61. The Morgan fingerprint density at radius 1 is 1.36 bits per heavy atom. The van der Waals surface area contributed by atoms with Crippen LogP contribution >= 0.6 is 11.3 Å². The minimum absolute atomic E-state index is 0.366. The van der Waals surface area contributed by atoms with Crippen molar-refractivity contribution in [3.8, 4) is 5.13 Å². The van der Waals surface area contributed by atoms with Crippen molar-refractivity contribution in [3.63, 3.8) is 0 Å². The van der Waals surface area contributed by atoms with E-state index in [0.29, 0.717) is 22.8 Å². The van der Waals surface area contributed by atoms with Gasteiger partial charge in [0.05, 0.1) is 35.3 Å². The molecule has 3 aromatic rings. The molecule has 1 saturated carbocycles. The number of aromatic amines is 1. The number of hydrogen-bond donors (Lipinski definition) is 2. The highest BCUT2D eigenvalue weighted by Gasteiger charge is 2.44. The second kappa shape index (κ2) is 9.55. The number of H-pyrrole nitrogens is 1. The lowest BCUT2D eigenvalue weighted by molar-refractivity contribution is -0.000171. The molecular formula is C25H31N9OS. The molecule has 36 heavy (non-hydrogen) atoms. The van der Waals surface area contributed by atoms with Crippen LogP contribution in [0.3, 0.4) is 0 Å². The summed E-state index contributed by atoms with van der Waals surface area (Å²) in [5.41, 5.74) is 3.97. The van der Waals surface area contributed by atoms with Crippen LogP contribution in [0.25, 0.3) is 10.8 Å². The van der Waals surface area contributed by atoms with E-state index in [4.69, 9.17) is 9.72 Å². The van der Waals surface area contributed by atoms with Gasteiger partial charge in [-0.25, -0.2) is 0 Å². The van der Waals surface area contributed by atoms with Gasteiger partial charge in [-0.2, -0.15) is 4.98 Å². The van der Waals surface area contributed by atoms with E-state index >= 15 is 0 Å². The summed E-state index contributed by atoms with van der Waals surface area (Å²) in [6, 6.07) is 2.09. The molecule has 3 fully saturated rings. The molecule has 2 N–H and O–H groups in total. The summed E-state index contributed by atoms with van der Waals surface area (Å²) in [7, 11) is 1.80. The topological polar surface area (TPSA) is 99.5 Å². The Bertz CT molecular complexity index is 1260. The first kappa shape index (κ1) is 23.0. The van der Waals surface area contributed by atoms with Crippen LogP contribution in [-0.4, -0.2) is 64.7 Å². The van der Waals surface area contributed by atoms with E-state index in [-0.39, 0.29) is 0 Å². The van der Waals surface area contributed by atoms with Crippen LogP contribution in [0.2, 0.25) is 0 Å². The Labute approximate surface area is 214 Å². The van der Waals surface area contributed by atoms with Crippen molar-refractivity contribution in [1.82, 2.24) is 25.0 Å². The number of anilines is 3. The number of pyridine rings is 1. The van der Waals surface area contributed by atoms with E-state index in [1.54, 1.807) is 18.2 Å². The largest absolute Gasteiger partial charge is 0.381 e. The van der Waals surface area contributed by atoms with Gasteiger partial charge in [0.2, 0.25) is 5.13 Å².